The number of aryl methyl sites for hydroxylation is 1. The number of nitriles is 1. The van der Waals surface area contributed by atoms with Crippen LogP contribution in [0.15, 0.2) is 36.5 Å². The normalized spacial score (nSPS) is 13.5. The molecule has 10 nitrogen and oxygen atoms in total. The second-order valence-corrected chi connectivity index (χ2v) is 10.8. The van der Waals surface area contributed by atoms with E-state index in [0.29, 0.717) is 23.6 Å². The minimum Gasteiger partial charge on any atom is -0.352 e. The van der Waals surface area contributed by atoms with E-state index in [-0.39, 0.29) is 44.6 Å². The highest BCUT2D eigenvalue weighted by molar-refractivity contribution is 6.32. The summed E-state index contributed by atoms with van der Waals surface area (Å²) in [6.45, 7) is 1.28. The van der Waals surface area contributed by atoms with Crippen LogP contribution in [0.2, 0.25) is 5.02 Å². The van der Waals surface area contributed by atoms with E-state index in [2.05, 4.69) is 25.6 Å². The van der Waals surface area contributed by atoms with Crippen LogP contribution in [0.3, 0.4) is 0 Å². The van der Waals surface area contributed by atoms with Crippen LogP contribution in [0.5, 0.6) is 0 Å². The van der Waals surface area contributed by atoms with Crippen LogP contribution < -0.4 is 5.32 Å². The Bertz CT molecular complexity index is 1800. The van der Waals surface area contributed by atoms with Gasteiger partial charge in [-0.3, -0.25) is 9.59 Å². The van der Waals surface area contributed by atoms with Crippen LogP contribution >= 0.6 is 11.6 Å². The molecule has 0 atom stereocenters. The zero-order chi connectivity index (χ0) is 32.7. The van der Waals surface area contributed by atoms with Crippen molar-refractivity contribution in [3.05, 3.63) is 86.6 Å². The predicted molar refractivity (Wildman–Crippen MR) is 144 cm³/mol. The quantitative estimate of drug-likeness (QED) is 0.191. The summed E-state index contributed by atoms with van der Waals surface area (Å²) in [7, 11) is 0. The molecule has 3 aromatic heterocycles. The number of carbonyl (C=O) groups is 2. The monoisotopic (exact) mass is 650 g/mol. The fourth-order valence-corrected chi connectivity index (χ4v) is 4.77. The third kappa shape index (κ3) is 6.98. The van der Waals surface area contributed by atoms with E-state index in [9.17, 15) is 41.2 Å². The van der Waals surface area contributed by atoms with Gasteiger partial charge in [0.05, 0.1) is 22.3 Å². The van der Waals surface area contributed by atoms with Crippen LogP contribution in [-0.2, 0) is 25.3 Å². The fraction of sp³-hybridized carbons (Fsp3) is 0.321. The summed E-state index contributed by atoms with van der Waals surface area (Å²) in [5, 5.41) is 22.5. The molecule has 0 unspecified atom stereocenters. The Morgan fingerprint density at radius 1 is 1.07 bits per heavy atom. The second-order valence-electron chi connectivity index (χ2n) is 10.3. The van der Waals surface area contributed by atoms with Crippen molar-refractivity contribution < 1.29 is 35.9 Å². The van der Waals surface area contributed by atoms with Gasteiger partial charge in [0, 0.05) is 24.7 Å². The number of aromatic nitrogens is 6. The molecule has 0 saturated heterocycles. The first kappa shape index (κ1) is 31.6. The SMILES string of the molecule is Cc1cc(C#N)cc(C(=O)NCC2CC2)c1CC(=O)c1cc(Cn2nc(C(F)(F)F)c(C(F)(F)F)n2)nn1-c1ncccc1Cl. The number of rotatable bonds is 9. The van der Waals surface area contributed by atoms with E-state index in [1.54, 1.807) is 6.92 Å². The minimum atomic E-state index is -5.44. The van der Waals surface area contributed by atoms with E-state index in [1.807, 2.05) is 6.07 Å². The predicted octanol–water partition coefficient (Wildman–Crippen LogP) is 5.34. The number of carbonyl (C=O) groups excluding carboxylic acids is 2. The first-order chi connectivity index (χ1) is 21.2. The number of nitrogens with one attached hydrogen (secondary N) is 1. The zero-order valence-corrected chi connectivity index (χ0v) is 23.9. The number of hydrogen-bond donors (Lipinski definition) is 1. The van der Waals surface area contributed by atoms with Crippen molar-refractivity contribution in [2.45, 2.75) is 45.1 Å². The lowest BCUT2D eigenvalue weighted by atomic mass is 9.93. The van der Waals surface area contributed by atoms with E-state index in [0.717, 1.165) is 23.6 Å². The number of Topliss-reactive ketones (excluding diaryl/α,β-unsaturated/α-hetero) is 1. The molecule has 45 heavy (non-hydrogen) atoms. The van der Waals surface area contributed by atoms with Gasteiger partial charge < -0.3 is 5.32 Å². The zero-order valence-electron chi connectivity index (χ0n) is 23.2. The molecule has 1 fully saturated rings. The molecule has 1 amide bonds. The van der Waals surface area contributed by atoms with Gasteiger partial charge in [-0.15, -0.1) is 10.2 Å². The van der Waals surface area contributed by atoms with Gasteiger partial charge in [-0.2, -0.15) is 41.5 Å². The first-order valence-corrected chi connectivity index (χ1v) is 13.7. The van der Waals surface area contributed by atoms with E-state index >= 15 is 0 Å². The lowest BCUT2D eigenvalue weighted by Gasteiger charge is -2.14. The summed E-state index contributed by atoms with van der Waals surface area (Å²) in [4.78, 5) is 31.2. The maximum Gasteiger partial charge on any atom is 0.437 e. The molecule has 1 aliphatic rings. The number of ketones is 1. The number of pyridine rings is 1. The van der Waals surface area contributed by atoms with E-state index in [4.69, 9.17) is 11.6 Å². The average molecular weight is 651 g/mol. The number of amides is 1. The van der Waals surface area contributed by atoms with Crippen LogP contribution in [0, 0.1) is 24.2 Å². The van der Waals surface area contributed by atoms with Crippen molar-refractivity contribution >= 4 is 23.3 Å². The molecule has 0 bridgehead atoms. The number of halogens is 7. The molecule has 234 valence electrons. The molecule has 1 saturated carbocycles. The molecular formula is C28H21ClF6N8O2. The third-order valence-corrected chi connectivity index (χ3v) is 7.21. The van der Waals surface area contributed by atoms with Gasteiger partial charge >= 0.3 is 12.4 Å². The topological polar surface area (TPSA) is 131 Å². The molecule has 4 aromatic rings. The van der Waals surface area contributed by atoms with Gasteiger partial charge in [0.2, 0.25) is 0 Å². The maximum absolute atomic E-state index is 13.8. The number of alkyl halides is 6. The summed E-state index contributed by atoms with van der Waals surface area (Å²) in [5.41, 5.74) is -3.70. The standard InChI is InChI=1S/C28H21ClF6N8O2/c1-14-7-16(11-36)8-19(26(45)38-12-15-4-5-15)18(14)10-22(44)21-9-17(39-43(21)25-20(29)3-2-6-37-25)13-42-40-23(27(30,31)32)24(41-42)28(33,34)35/h2-3,6-9,15H,4-5,10,12-13H2,1H3,(H,38,45). The third-order valence-electron chi connectivity index (χ3n) is 6.91. The summed E-state index contributed by atoms with van der Waals surface area (Å²) in [6, 6.07) is 8.94. The lowest BCUT2D eigenvalue weighted by molar-refractivity contribution is -0.165. The molecule has 0 spiro atoms. The Morgan fingerprint density at radius 2 is 1.73 bits per heavy atom. The highest BCUT2D eigenvalue weighted by Crippen LogP contribution is 2.38. The highest BCUT2D eigenvalue weighted by Gasteiger charge is 2.48. The van der Waals surface area contributed by atoms with Crippen molar-refractivity contribution in [2.75, 3.05) is 6.54 Å². The largest absolute Gasteiger partial charge is 0.437 e. The van der Waals surface area contributed by atoms with Gasteiger partial charge in [-0.05, 0) is 67.1 Å². The van der Waals surface area contributed by atoms with Crippen molar-refractivity contribution in [3.8, 4) is 11.9 Å². The lowest BCUT2D eigenvalue weighted by Crippen LogP contribution is -2.27. The summed E-state index contributed by atoms with van der Waals surface area (Å²) < 4.78 is 80.7. The maximum atomic E-state index is 13.8. The molecule has 1 aliphatic carbocycles. The fourth-order valence-electron chi connectivity index (χ4n) is 4.57. The van der Waals surface area contributed by atoms with Crippen molar-refractivity contribution in [1.29, 1.82) is 5.26 Å². The molecule has 0 radical (unpaired) electrons. The molecule has 0 aliphatic heterocycles. The number of benzene rings is 1. The second kappa shape index (κ2) is 12.0. The van der Waals surface area contributed by atoms with Crippen LogP contribution in [0.25, 0.3) is 5.82 Å². The summed E-state index contributed by atoms with van der Waals surface area (Å²) in [5.74, 6) is -0.801. The van der Waals surface area contributed by atoms with Crippen molar-refractivity contribution in [3.63, 3.8) is 0 Å². The highest BCUT2D eigenvalue weighted by atomic mass is 35.5. The Hall–Kier alpha value is -4.78. The molecule has 1 N–H and O–H groups in total. The molecule has 3 heterocycles. The number of nitrogens with zero attached hydrogens (tertiary/aromatic N) is 7. The summed E-state index contributed by atoms with van der Waals surface area (Å²) >= 11 is 6.28. The van der Waals surface area contributed by atoms with Gasteiger partial charge in [-0.25, -0.2) is 9.67 Å². The summed E-state index contributed by atoms with van der Waals surface area (Å²) in [6.07, 6.45) is -7.96. The van der Waals surface area contributed by atoms with E-state index in [1.165, 1.54) is 30.5 Å². The Morgan fingerprint density at radius 3 is 2.31 bits per heavy atom. The van der Waals surface area contributed by atoms with Gasteiger partial charge in [0.25, 0.3) is 5.91 Å². The van der Waals surface area contributed by atoms with Gasteiger partial charge in [-0.1, -0.05) is 11.6 Å². The van der Waals surface area contributed by atoms with Crippen molar-refractivity contribution in [1.82, 2.24) is 35.1 Å². The van der Waals surface area contributed by atoms with Crippen LogP contribution in [-0.4, -0.2) is 48.0 Å². The number of hydrogen-bond acceptors (Lipinski definition) is 7. The Kier molecular flexibility index (Phi) is 8.41. The van der Waals surface area contributed by atoms with Crippen molar-refractivity contribution in [2.24, 2.45) is 5.92 Å². The molecule has 17 heteroatoms. The Balaban J connectivity index is 1.53. The Labute approximate surface area is 255 Å². The smallest absolute Gasteiger partial charge is 0.352 e. The average Bonchev–Trinajstić information content (AvgIpc) is 3.53. The van der Waals surface area contributed by atoms with Gasteiger partial charge in [0.15, 0.2) is 23.0 Å². The molecule has 1 aromatic carbocycles. The van der Waals surface area contributed by atoms with Crippen LogP contribution in [0.1, 0.15) is 67.5 Å². The molecule has 5 rings (SSSR count). The van der Waals surface area contributed by atoms with Gasteiger partial charge in [0.1, 0.15) is 12.2 Å². The van der Waals surface area contributed by atoms with Crippen LogP contribution in [0.4, 0.5) is 26.3 Å². The first-order valence-electron chi connectivity index (χ1n) is 13.3. The molecular weight excluding hydrogens is 630 g/mol. The minimum absolute atomic E-state index is 0.0341. The van der Waals surface area contributed by atoms with E-state index < -0.39 is 42.0 Å².